The minimum absolute atomic E-state index is 0.00812. The number of aryl methyl sites for hydroxylation is 2. The van der Waals surface area contributed by atoms with Gasteiger partial charge in [0.15, 0.2) is 0 Å². The minimum Gasteiger partial charge on any atom is -0.353 e. The van der Waals surface area contributed by atoms with E-state index in [1.165, 1.54) is 6.07 Å². The van der Waals surface area contributed by atoms with Crippen molar-refractivity contribution in [2.24, 2.45) is 0 Å². The van der Waals surface area contributed by atoms with Gasteiger partial charge in [-0.3, -0.25) is 4.79 Å². The predicted octanol–water partition coefficient (Wildman–Crippen LogP) is 3.68. The maximum atomic E-state index is 12.7. The third kappa shape index (κ3) is 3.81. The second-order valence-corrected chi connectivity index (χ2v) is 6.50. The lowest BCUT2D eigenvalue weighted by atomic mass is 10.0. The molecule has 1 amide bonds. The van der Waals surface area contributed by atoms with Gasteiger partial charge in [-0.25, -0.2) is 4.98 Å². The van der Waals surface area contributed by atoms with E-state index in [1.54, 1.807) is 4.90 Å². The second-order valence-electron chi connectivity index (χ2n) is 6.50. The Morgan fingerprint density at radius 1 is 1.04 bits per heavy atom. The Labute approximate surface area is 150 Å². The van der Waals surface area contributed by atoms with Crippen molar-refractivity contribution in [3.05, 3.63) is 58.8 Å². The van der Waals surface area contributed by atoms with Crippen molar-refractivity contribution in [3.63, 3.8) is 0 Å². The zero-order valence-electron chi connectivity index (χ0n) is 14.7. The number of aromatic nitrogens is 1. The number of pyridine rings is 1. The molecule has 0 radical (unpaired) electrons. The number of anilines is 1. The molecule has 0 bridgehead atoms. The summed E-state index contributed by atoms with van der Waals surface area (Å²) >= 11 is 0. The van der Waals surface area contributed by atoms with Gasteiger partial charge in [-0.05, 0) is 37.6 Å². The summed E-state index contributed by atoms with van der Waals surface area (Å²) in [5.74, 6) is 0.489. The van der Waals surface area contributed by atoms with Gasteiger partial charge in [-0.15, -0.1) is 0 Å². The first-order valence-electron chi connectivity index (χ1n) is 8.40. The fourth-order valence-electron chi connectivity index (χ4n) is 3.02. The van der Waals surface area contributed by atoms with Gasteiger partial charge in [-0.1, -0.05) is 17.7 Å². The SMILES string of the molecule is Cc1ccc(C)c(C(=O)N2CCN(c3ccc(C(F)(F)F)cn3)CC2)c1. The van der Waals surface area contributed by atoms with Crippen LogP contribution in [-0.2, 0) is 6.18 Å². The lowest BCUT2D eigenvalue weighted by molar-refractivity contribution is -0.137. The third-order valence-corrected chi connectivity index (χ3v) is 4.59. The minimum atomic E-state index is -4.39. The number of amides is 1. The molecule has 4 nitrogen and oxygen atoms in total. The Hall–Kier alpha value is -2.57. The van der Waals surface area contributed by atoms with E-state index in [0.29, 0.717) is 37.6 Å². The Balaban J connectivity index is 1.65. The maximum absolute atomic E-state index is 12.7. The van der Waals surface area contributed by atoms with Crippen molar-refractivity contribution in [2.45, 2.75) is 20.0 Å². The molecule has 3 rings (SSSR count). The fraction of sp³-hybridized carbons (Fsp3) is 0.368. The van der Waals surface area contributed by atoms with E-state index in [0.717, 1.165) is 23.4 Å². The summed E-state index contributed by atoms with van der Waals surface area (Å²) in [5.41, 5.74) is 1.91. The molecule has 1 aromatic heterocycles. The number of carbonyl (C=O) groups is 1. The van der Waals surface area contributed by atoms with Gasteiger partial charge in [0, 0.05) is 37.9 Å². The monoisotopic (exact) mass is 363 g/mol. The molecule has 138 valence electrons. The molecule has 0 aliphatic carbocycles. The number of piperazine rings is 1. The number of carbonyl (C=O) groups excluding carboxylic acids is 1. The Kier molecular flexibility index (Phi) is 4.89. The highest BCUT2D eigenvalue weighted by Gasteiger charge is 2.31. The molecule has 1 aliphatic rings. The van der Waals surface area contributed by atoms with E-state index < -0.39 is 11.7 Å². The molecule has 1 fully saturated rings. The number of hydrogen-bond acceptors (Lipinski definition) is 3. The lowest BCUT2D eigenvalue weighted by Crippen LogP contribution is -2.49. The summed E-state index contributed by atoms with van der Waals surface area (Å²) in [7, 11) is 0. The van der Waals surface area contributed by atoms with Crippen molar-refractivity contribution in [2.75, 3.05) is 31.1 Å². The van der Waals surface area contributed by atoms with Crippen LogP contribution in [0.3, 0.4) is 0 Å². The summed E-state index contributed by atoms with van der Waals surface area (Å²) in [6.07, 6.45) is -3.54. The summed E-state index contributed by atoms with van der Waals surface area (Å²) < 4.78 is 37.9. The van der Waals surface area contributed by atoms with Crippen LogP contribution in [-0.4, -0.2) is 42.0 Å². The molecule has 0 spiro atoms. The van der Waals surface area contributed by atoms with E-state index in [9.17, 15) is 18.0 Å². The average molecular weight is 363 g/mol. The van der Waals surface area contributed by atoms with Crippen molar-refractivity contribution in [1.29, 1.82) is 0 Å². The number of alkyl halides is 3. The lowest BCUT2D eigenvalue weighted by Gasteiger charge is -2.35. The van der Waals surface area contributed by atoms with Gasteiger partial charge in [0.1, 0.15) is 5.82 Å². The molecule has 0 N–H and O–H groups in total. The van der Waals surface area contributed by atoms with E-state index in [1.807, 2.05) is 36.9 Å². The summed E-state index contributed by atoms with van der Waals surface area (Å²) in [5, 5.41) is 0. The van der Waals surface area contributed by atoms with E-state index in [2.05, 4.69) is 4.98 Å². The average Bonchev–Trinajstić information content (AvgIpc) is 2.63. The van der Waals surface area contributed by atoms with Crippen LogP contribution >= 0.6 is 0 Å². The summed E-state index contributed by atoms with van der Waals surface area (Å²) in [4.78, 5) is 20.3. The molecular formula is C19H20F3N3O. The van der Waals surface area contributed by atoms with E-state index >= 15 is 0 Å². The van der Waals surface area contributed by atoms with Crippen LogP contribution in [0.4, 0.5) is 19.0 Å². The molecule has 1 aromatic carbocycles. The highest BCUT2D eigenvalue weighted by Crippen LogP contribution is 2.29. The van der Waals surface area contributed by atoms with Crippen LogP contribution in [0.5, 0.6) is 0 Å². The van der Waals surface area contributed by atoms with Crippen LogP contribution < -0.4 is 4.90 Å². The largest absolute Gasteiger partial charge is 0.417 e. The molecule has 0 unspecified atom stereocenters. The van der Waals surface area contributed by atoms with Gasteiger partial charge in [0.2, 0.25) is 0 Å². The Morgan fingerprint density at radius 2 is 1.73 bits per heavy atom. The van der Waals surface area contributed by atoms with Crippen LogP contribution in [0.25, 0.3) is 0 Å². The van der Waals surface area contributed by atoms with Gasteiger partial charge in [0.05, 0.1) is 5.56 Å². The topological polar surface area (TPSA) is 36.4 Å². The number of halogens is 3. The quantitative estimate of drug-likeness (QED) is 0.817. The zero-order valence-corrected chi connectivity index (χ0v) is 14.7. The highest BCUT2D eigenvalue weighted by atomic mass is 19.4. The molecule has 1 aliphatic heterocycles. The third-order valence-electron chi connectivity index (χ3n) is 4.59. The molecule has 1 saturated heterocycles. The molecule has 7 heteroatoms. The smallest absolute Gasteiger partial charge is 0.353 e. The molecule has 26 heavy (non-hydrogen) atoms. The maximum Gasteiger partial charge on any atom is 0.417 e. The van der Waals surface area contributed by atoms with Crippen LogP contribution in [0.2, 0.25) is 0 Å². The van der Waals surface area contributed by atoms with Crippen molar-refractivity contribution in [3.8, 4) is 0 Å². The van der Waals surface area contributed by atoms with Crippen LogP contribution in [0, 0.1) is 13.8 Å². The van der Waals surface area contributed by atoms with Crippen LogP contribution in [0.15, 0.2) is 36.5 Å². The number of rotatable bonds is 2. The summed E-state index contributed by atoms with van der Waals surface area (Å²) in [6.45, 7) is 5.95. The van der Waals surface area contributed by atoms with Crippen molar-refractivity contribution in [1.82, 2.24) is 9.88 Å². The molecule has 2 heterocycles. The van der Waals surface area contributed by atoms with Gasteiger partial charge in [0.25, 0.3) is 5.91 Å². The Bertz CT molecular complexity index is 795. The molecular weight excluding hydrogens is 343 g/mol. The number of benzene rings is 1. The predicted molar refractivity (Wildman–Crippen MR) is 93.3 cm³/mol. The first-order valence-corrected chi connectivity index (χ1v) is 8.40. The Morgan fingerprint density at radius 3 is 2.31 bits per heavy atom. The first-order chi connectivity index (χ1) is 12.3. The number of nitrogens with zero attached hydrogens (tertiary/aromatic N) is 3. The van der Waals surface area contributed by atoms with Crippen molar-refractivity contribution < 1.29 is 18.0 Å². The standard InChI is InChI=1S/C19H20F3N3O/c1-13-3-4-14(2)16(11-13)18(26)25-9-7-24(8-10-25)17-6-5-15(12-23-17)19(20,21)22/h3-6,11-12H,7-10H2,1-2H3. The molecule has 0 atom stereocenters. The zero-order chi connectivity index (χ0) is 18.9. The number of hydrogen-bond donors (Lipinski definition) is 0. The van der Waals surface area contributed by atoms with Crippen LogP contribution in [0.1, 0.15) is 27.0 Å². The first kappa shape index (κ1) is 18.2. The fourth-order valence-corrected chi connectivity index (χ4v) is 3.02. The van der Waals surface area contributed by atoms with Gasteiger partial charge < -0.3 is 9.80 Å². The van der Waals surface area contributed by atoms with Gasteiger partial charge >= 0.3 is 6.18 Å². The van der Waals surface area contributed by atoms with Gasteiger partial charge in [-0.2, -0.15) is 13.2 Å². The normalized spacial score (nSPS) is 15.3. The second kappa shape index (κ2) is 6.97. The summed E-state index contributed by atoms with van der Waals surface area (Å²) in [6, 6.07) is 8.22. The van der Waals surface area contributed by atoms with E-state index in [4.69, 9.17) is 0 Å². The van der Waals surface area contributed by atoms with E-state index in [-0.39, 0.29) is 5.91 Å². The highest BCUT2D eigenvalue weighted by molar-refractivity contribution is 5.96. The molecule has 2 aromatic rings. The van der Waals surface area contributed by atoms with Crippen molar-refractivity contribution >= 4 is 11.7 Å². The molecule has 0 saturated carbocycles.